The molecule has 2 unspecified atom stereocenters. The van der Waals surface area contributed by atoms with E-state index in [1.165, 1.54) is 83.5 Å². The Bertz CT molecular complexity index is 793. The van der Waals surface area contributed by atoms with Crippen molar-refractivity contribution >= 4 is 17.9 Å². The second-order valence-electron chi connectivity index (χ2n) is 14.2. The third-order valence-electron chi connectivity index (χ3n) is 8.66. The van der Waals surface area contributed by atoms with Gasteiger partial charge < -0.3 is 23.8 Å². The summed E-state index contributed by atoms with van der Waals surface area (Å²) >= 11 is 0. The topological polar surface area (TPSA) is 99.1 Å². The Morgan fingerprint density at radius 2 is 1.06 bits per heavy atom. The summed E-state index contributed by atoms with van der Waals surface area (Å²) in [5, 5.41) is 9.57. The lowest BCUT2D eigenvalue weighted by atomic mass is 10.1. The van der Waals surface area contributed by atoms with Crippen LogP contribution in [0.1, 0.15) is 168 Å². The Morgan fingerprint density at radius 1 is 0.617 bits per heavy atom. The number of carbonyl (C=O) groups excluding carboxylic acids is 2. The van der Waals surface area contributed by atoms with Crippen LogP contribution in [0, 0.1) is 0 Å². The number of aliphatic carboxylic acids is 1. The normalized spacial score (nSPS) is 13.1. The highest BCUT2D eigenvalue weighted by Crippen LogP contribution is 2.14. The van der Waals surface area contributed by atoms with E-state index in [0.717, 1.165) is 51.4 Å². The average Bonchev–Trinajstić information content (AvgIpc) is 3.01. The highest BCUT2D eigenvalue weighted by molar-refractivity contribution is 5.72. The summed E-state index contributed by atoms with van der Waals surface area (Å²) in [6, 6.07) is -0.610. The Morgan fingerprint density at radius 3 is 1.55 bits per heavy atom. The molecule has 276 valence electrons. The largest absolute Gasteiger partial charge is 0.477 e. The fraction of sp³-hybridized carbons (Fsp3) is 0.872. The maximum atomic E-state index is 12.6. The van der Waals surface area contributed by atoms with E-state index in [1.54, 1.807) is 0 Å². The minimum Gasteiger partial charge on any atom is -0.477 e. The maximum Gasteiger partial charge on any atom is 0.362 e. The molecule has 0 aliphatic rings. The Balaban J connectivity index is 4.43. The molecule has 0 heterocycles. The van der Waals surface area contributed by atoms with Crippen LogP contribution in [-0.4, -0.2) is 80.6 Å². The number of carbonyl (C=O) groups is 3. The third kappa shape index (κ3) is 29.9. The van der Waals surface area contributed by atoms with Gasteiger partial charge in [-0.25, -0.2) is 4.79 Å². The van der Waals surface area contributed by atoms with Gasteiger partial charge in [0.05, 0.1) is 34.4 Å². The van der Waals surface area contributed by atoms with E-state index < -0.39 is 18.1 Å². The molecule has 0 aliphatic carbocycles. The van der Waals surface area contributed by atoms with E-state index in [0.29, 0.717) is 19.3 Å². The van der Waals surface area contributed by atoms with Crippen LogP contribution in [0.2, 0.25) is 0 Å². The second kappa shape index (κ2) is 31.3. The van der Waals surface area contributed by atoms with E-state index in [9.17, 15) is 19.5 Å². The van der Waals surface area contributed by atoms with Crippen LogP contribution in [0.25, 0.3) is 0 Å². The van der Waals surface area contributed by atoms with Crippen LogP contribution in [0.5, 0.6) is 0 Å². The second-order valence-corrected chi connectivity index (χ2v) is 14.2. The Labute approximate surface area is 289 Å². The number of hydrogen-bond acceptors (Lipinski definition) is 6. The van der Waals surface area contributed by atoms with Crippen molar-refractivity contribution in [3.05, 3.63) is 12.2 Å². The summed E-state index contributed by atoms with van der Waals surface area (Å²) in [6.07, 6.45) is 29.6. The zero-order valence-electron chi connectivity index (χ0n) is 31.2. The number of unbranched alkanes of at least 4 members (excludes halogenated alkanes) is 18. The van der Waals surface area contributed by atoms with Crippen molar-refractivity contribution in [2.75, 3.05) is 41.0 Å². The Hall–Kier alpha value is -1.93. The van der Waals surface area contributed by atoms with Gasteiger partial charge >= 0.3 is 17.9 Å². The quantitative estimate of drug-likeness (QED) is 0.0315. The molecule has 0 amide bonds. The van der Waals surface area contributed by atoms with Crippen LogP contribution in [0.4, 0.5) is 0 Å². The maximum absolute atomic E-state index is 12.6. The van der Waals surface area contributed by atoms with Crippen molar-refractivity contribution in [3.8, 4) is 0 Å². The molecule has 47 heavy (non-hydrogen) atoms. The minimum absolute atomic E-state index is 0.0495. The molecule has 8 heteroatoms. The van der Waals surface area contributed by atoms with Crippen molar-refractivity contribution in [3.63, 3.8) is 0 Å². The van der Waals surface area contributed by atoms with Crippen molar-refractivity contribution in [1.29, 1.82) is 0 Å². The molecule has 1 N–H and O–H groups in total. The molecule has 0 saturated carbocycles. The summed E-state index contributed by atoms with van der Waals surface area (Å²) in [4.78, 5) is 36.7. The smallest absolute Gasteiger partial charge is 0.362 e. The van der Waals surface area contributed by atoms with Gasteiger partial charge in [0.15, 0.2) is 12.1 Å². The molecule has 0 fully saturated rings. The van der Waals surface area contributed by atoms with Gasteiger partial charge in [0, 0.05) is 19.3 Å². The number of quaternary nitrogens is 1. The highest BCUT2D eigenvalue weighted by Gasteiger charge is 2.31. The number of carboxylic acids is 1. The van der Waals surface area contributed by atoms with Gasteiger partial charge in [0.2, 0.25) is 0 Å². The highest BCUT2D eigenvalue weighted by atomic mass is 16.6. The van der Waals surface area contributed by atoms with E-state index >= 15 is 0 Å². The van der Waals surface area contributed by atoms with Crippen LogP contribution >= 0.6 is 0 Å². The average molecular weight is 669 g/mol. The molecule has 2 atom stereocenters. The lowest BCUT2D eigenvalue weighted by Gasteiger charge is -2.31. The first-order valence-electron chi connectivity index (χ1n) is 19.2. The summed E-state index contributed by atoms with van der Waals surface area (Å²) in [5.41, 5.74) is 0. The molecular weight excluding hydrogens is 594 g/mol. The Kier molecular flexibility index (Phi) is 30.1. The predicted octanol–water partition coefficient (Wildman–Crippen LogP) is 9.58. The first-order chi connectivity index (χ1) is 22.6. The lowest BCUT2D eigenvalue weighted by molar-refractivity contribution is -0.887. The molecule has 8 nitrogen and oxygen atoms in total. The van der Waals surface area contributed by atoms with Gasteiger partial charge in [0.25, 0.3) is 0 Å². The molecule has 0 aliphatic heterocycles. The van der Waals surface area contributed by atoms with Crippen molar-refractivity contribution in [2.45, 2.75) is 180 Å². The van der Waals surface area contributed by atoms with E-state index in [1.807, 2.05) is 21.1 Å². The van der Waals surface area contributed by atoms with E-state index in [4.69, 9.17) is 14.2 Å². The number of nitrogens with zero attached hydrogens (tertiary/aromatic N) is 1. The van der Waals surface area contributed by atoms with Crippen molar-refractivity contribution in [2.24, 2.45) is 0 Å². The standard InChI is InChI=1S/C39H73NO7/c1-6-8-10-12-14-16-18-19-20-22-24-26-28-30-38(42)47-35(33-45-32-31-36(39(43)44)40(3,4)5)34-46-37(41)29-27-25-23-21-17-15-13-11-9-7-2/h16,18,35-36H,6-15,17,19-34H2,1-5H3/p+1/b18-16-. The first-order valence-corrected chi connectivity index (χ1v) is 19.2. The number of hydrogen-bond donors (Lipinski definition) is 1. The number of carboxylic acid groups (broad SMARTS) is 1. The van der Waals surface area contributed by atoms with Gasteiger partial charge in [-0.1, -0.05) is 122 Å². The van der Waals surface area contributed by atoms with Crippen LogP contribution in [0.15, 0.2) is 12.2 Å². The molecule has 0 aromatic carbocycles. The monoisotopic (exact) mass is 669 g/mol. The van der Waals surface area contributed by atoms with Gasteiger partial charge in [-0.3, -0.25) is 9.59 Å². The predicted molar refractivity (Wildman–Crippen MR) is 192 cm³/mol. The van der Waals surface area contributed by atoms with Gasteiger partial charge in [-0.15, -0.1) is 0 Å². The fourth-order valence-corrected chi connectivity index (χ4v) is 5.61. The first kappa shape index (κ1) is 45.1. The van der Waals surface area contributed by atoms with Crippen molar-refractivity contribution in [1.82, 2.24) is 0 Å². The molecule has 0 bridgehead atoms. The fourth-order valence-electron chi connectivity index (χ4n) is 5.61. The number of likely N-dealkylation sites (N-methyl/N-ethyl adjacent to an activating group) is 1. The van der Waals surface area contributed by atoms with Crippen LogP contribution in [0.3, 0.4) is 0 Å². The molecule has 0 saturated heterocycles. The van der Waals surface area contributed by atoms with Crippen LogP contribution in [-0.2, 0) is 28.6 Å². The molecule has 0 aromatic rings. The van der Waals surface area contributed by atoms with Gasteiger partial charge in [-0.05, 0) is 38.5 Å². The summed E-state index contributed by atoms with van der Waals surface area (Å²) in [6.45, 7) is 4.69. The summed E-state index contributed by atoms with van der Waals surface area (Å²) in [7, 11) is 5.51. The molecule has 0 aromatic heterocycles. The van der Waals surface area contributed by atoms with Crippen LogP contribution < -0.4 is 0 Å². The molecule has 0 spiro atoms. The molecular formula is C39H74NO7+. The number of rotatable bonds is 34. The molecule has 0 radical (unpaired) electrons. The number of esters is 2. The lowest BCUT2D eigenvalue weighted by Crippen LogP contribution is -2.50. The van der Waals surface area contributed by atoms with Gasteiger partial charge in [0.1, 0.15) is 6.61 Å². The minimum atomic E-state index is -0.876. The zero-order valence-corrected chi connectivity index (χ0v) is 31.2. The number of ether oxygens (including phenoxy) is 3. The van der Waals surface area contributed by atoms with Gasteiger partial charge in [-0.2, -0.15) is 0 Å². The summed E-state index contributed by atoms with van der Waals surface area (Å²) in [5.74, 6) is -1.47. The summed E-state index contributed by atoms with van der Waals surface area (Å²) < 4.78 is 17.2. The van der Waals surface area contributed by atoms with E-state index in [-0.39, 0.29) is 36.2 Å². The van der Waals surface area contributed by atoms with E-state index in [2.05, 4.69) is 26.0 Å². The number of allylic oxidation sites excluding steroid dienone is 2. The zero-order chi connectivity index (χ0) is 35.0. The third-order valence-corrected chi connectivity index (χ3v) is 8.66. The van der Waals surface area contributed by atoms with Crippen molar-refractivity contribution < 1.29 is 38.2 Å². The molecule has 0 rings (SSSR count). The SMILES string of the molecule is CCCCCC/C=C\CCCCCCCC(=O)OC(COCCC(C(=O)O)[N+](C)(C)C)COC(=O)CCCCCCCCCCCC.